The third-order valence-corrected chi connectivity index (χ3v) is 5.06. The summed E-state index contributed by atoms with van der Waals surface area (Å²) < 4.78 is 10.6. The lowest BCUT2D eigenvalue weighted by Crippen LogP contribution is -2.40. The lowest BCUT2D eigenvalue weighted by atomic mass is 10.0. The number of nitrogens with zero attached hydrogens (tertiary/aromatic N) is 2. The van der Waals surface area contributed by atoms with Gasteiger partial charge < -0.3 is 25.0 Å². The van der Waals surface area contributed by atoms with Crippen LogP contribution in [0.15, 0.2) is 23.2 Å². The summed E-state index contributed by atoms with van der Waals surface area (Å²) in [7, 11) is 5.13. The Kier molecular flexibility index (Phi) is 12.3. The van der Waals surface area contributed by atoms with Crippen LogP contribution in [-0.2, 0) is 6.42 Å². The molecular weight excluding hydrogens is 467 g/mol. The first-order chi connectivity index (χ1) is 13.2. The smallest absolute Gasteiger partial charge is 0.190 e. The zero-order chi connectivity index (χ0) is 19.5. The summed E-state index contributed by atoms with van der Waals surface area (Å²) in [4.78, 5) is 6.90. The normalized spacial score (nSPS) is 17.6. The van der Waals surface area contributed by atoms with Gasteiger partial charge in [-0.3, -0.25) is 4.99 Å². The molecule has 1 atom stereocenters. The van der Waals surface area contributed by atoms with E-state index in [1.54, 1.807) is 14.2 Å². The van der Waals surface area contributed by atoms with Crippen molar-refractivity contribution in [2.45, 2.75) is 32.6 Å². The van der Waals surface area contributed by atoms with Crippen LogP contribution in [0.5, 0.6) is 11.5 Å². The minimum absolute atomic E-state index is 0. The van der Waals surface area contributed by atoms with Gasteiger partial charge in [-0.05, 0) is 62.4 Å². The molecule has 1 aromatic rings. The van der Waals surface area contributed by atoms with E-state index in [2.05, 4.69) is 33.5 Å². The van der Waals surface area contributed by atoms with Crippen molar-refractivity contribution in [3.63, 3.8) is 0 Å². The van der Waals surface area contributed by atoms with E-state index in [0.29, 0.717) is 0 Å². The zero-order valence-corrected chi connectivity index (χ0v) is 20.1. The van der Waals surface area contributed by atoms with Crippen LogP contribution in [0.1, 0.15) is 31.7 Å². The molecule has 6 nitrogen and oxygen atoms in total. The number of benzene rings is 1. The van der Waals surface area contributed by atoms with Gasteiger partial charge in [0.1, 0.15) is 0 Å². The number of aliphatic imine (C=N–C) groups is 1. The molecule has 1 saturated heterocycles. The molecule has 0 aromatic heterocycles. The van der Waals surface area contributed by atoms with Gasteiger partial charge >= 0.3 is 0 Å². The van der Waals surface area contributed by atoms with Crippen molar-refractivity contribution < 1.29 is 9.47 Å². The van der Waals surface area contributed by atoms with Crippen LogP contribution in [0.3, 0.4) is 0 Å². The summed E-state index contributed by atoms with van der Waals surface area (Å²) in [5.74, 6) is 3.24. The Morgan fingerprint density at radius 1 is 1.18 bits per heavy atom. The number of likely N-dealkylation sites (tertiary alicyclic amines) is 1. The van der Waals surface area contributed by atoms with Crippen molar-refractivity contribution in [1.82, 2.24) is 15.5 Å². The molecule has 0 radical (unpaired) electrons. The maximum Gasteiger partial charge on any atom is 0.190 e. The molecule has 7 heteroatoms. The van der Waals surface area contributed by atoms with Crippen molar-refractivity contribution in [1.29, 1.82) is 0 Å². The number of hydrogen-bond donors (Lipinski definition) is 2. The molecule has 0 amide bonds. The van der Waals surface area contributed by atoms with Crippen LogP contribution in [0.2, 0.25) is 0 Å². The highest BCUT2D eigenvalue weighted by atomic mass is 127. The lowest BCUT2D eigenvalue weighted by Gasteiger charge is -2.30. The van der Waals surface area contributed by atoms with E-state index in [4.69, 9.17) is 9.47 Å². The third-order valence-electron chi connectivity index (χ3n) is 5.06. The number of ether oxygens (including phenoxy) is 2. The highest BCUT2D eigenvalue weighted by molar-refractivity contribution is 14.0. The summed E-state index contributed by atoms with van der Waals surface area (Å²) in [6.45, 7) is 7.79. The van der Waals surface area contributed by atoms with Gasteiger partial charge in [0, 0.05) is 26.7 Å². The van der Waals surface area contributed by atoms with Crippen molar-refractivity contribution in [2.75, 3.05) is 54.0 Å². The SMILES string of the molecule is CN=C(NCCCN1CCCC(C)C1)NCCc1ccc(OC)c(OC)c1.I. The fraction of sp³-hybridized carbons (Fsp3) is 0.667. The molecule has 1 unspecified atom stereocenters. The van der Waals surface area contributed by atoms with Gasteiger partial charge in [0.2, 0.25) is 0 Å². The number of guanidine groups is 1. The Labute approximate surface area is 187 Å². The van der Waals surface area contributed by atoms with Gasteiger partial charge in [-0.1, -0.05) is 13.0 Å². The molecule has 28 heavy (non-hydrogen) atoms. The summed E-state index contributed by atoms with van der Waals surface area (Å²) in [5.41, 5.74) is 1.20. The standard InChI is InChI=1S/C21H36N4O2.HI/c1-17-7-5-13-25(16-17)14-6-11-23-21(22-2)24-12-10-18-8-9-19(26-3)20(15-18)27-4;/h8-9,15,17H,5-7,10-14,16H2,1-4H3,(H2,22,23,24);1H. The van der Waals surface area contributed by atoms with E-state index in [1.165, 1.54) is 38.0 Å². The number of nitrogens with one attached hydrogen (secondary N) is 2. The molecular formula is C21H37IN4O2. The van der Waals surface area contributed by atoms with Gasteiger partial charge in [-0.2, -0.15) is 0 Å². The van der Waals surface area contributed by atoms with Crippen LogP contribution in [0, 0.1) is 5.92 Å². The minimum atomic E-state index is 0. The van der Waals surface area contributed by atoms with Crippen LogP contribution in [-0.4, -0.2) is 64.9 Å². The van der Waals surface area contributed by atoms with E-state index in [1.807, 2.05) is 19.2 Å². The van der Waals surface area contributed by atoms with Crippen molar-refractivity contribution in [3.8, 4) is 11.5 Å². The Morgan fingerprint density at radius 2 is 1.93 bits per heavy atom. The van der Waals surface area contributed by atoms with Gasteiger partial charge in [0.05, 0.1) is 14.2 Å². The molecule has 2 N–H and O–H groups in total. The Morgan fingerprint density at radius 3 is 2.61 bits per heavy atom. The second-order valence-electron chi connectivity index (χ2n) is 7.27. The Hall–Kier alpha value is -1.22. The molecule has 1 aliphatic heterocycles. The highest BCUT2D eigenvalue weighted by Gasteiger charge is 2.15. The lowest BCUT2D eigenvalue weighted by molar-refractivity contribution is 0.182. The van der Waals surface area contributed by atoms with E-state index in [9.17, 15) is 0 Å². The van der Waals surface area contributed by atoms with Crippen LogP contribution in [0.4, 0.5) is 0 Å². The van der Waals surface area contributed by atoms with Gasteiger partial charge in [-0.15, -0.1) is 24.0 Å². The summed E-state index contributed by atoms with van der Waals surface area (Å²) >= 11 is 0. The largest absolute Gasteiger partial charge is 0.493 e. The first kappa shape index (κ1) is 24.8. The molecule has 2 rings (SSSR count). The number of piperidine rings is 1. The number of halogens is 1. The molecule has 1 heterocycles. The predicted molar refractivity (Wildman–Crippen MR) is 127 cm³/mol. The average Bonchev–Trinajstić information content (AvgIpc) is 2.69. The number of methoxy groups -OCH3 is 2. The van der Waals surface area contributed by atoms with E-state index >= 15 is 0 Å². The second-order valence-corrected chi connectivity index (χ2v) is 7.27. The van der Waals surface area contributed by atoms with Crippen molar-refractivity contribution in [3.05, 3.63) is 23.8 Å². The Balaban J connectivity index is 0.00000392. The number of hydrogen-bond acceptors (Lipinski definition) is 4. The maximum absolute atomic E-state index is 5.36. The molecule has 0 aliphatic carbocycles. The third kappa shape index (κ3) is 8.43. The molecule has 0 bridgehead atoms. The monoisotopic (exact) mass is 504 g/mol. The van der Waals surface area contributed by atoms with Crippen LogP contribution >= 0.6 is 24.0 Å². The molecule has 1 aromatic carbocycles. The van der Waals surface area contributed by atoms with Crippen molar-refractivity contribution >= 4 is 29.9 Å². The van der Waals surface area contributed by atoms with Gasteiger partial charge in [0.15, 0.2) is 17.5 Å². The predicted octanol–water partition coefficient (Wildman–Crippen LogP) is 3.15. The molecule has 1 fully saturated rings. The summed E-state index contributed by atoms with van der Waals surface area (Å²) in [5, 5.41) is 6.80. The summed E-state index contributed by atoms with van der Waals surface area (Å²) in [6.07, 6.45) is 4.76. The molecule has 0 spiro atoms. The minimum Gasteiger partial charge on any atom is -0.493 e. The van der Waals surface area contributed by atoms with Gasteiger partial charge in [0.25, 0.3) is 0 Å². The van der Waals surface area contributed by atoms with Gasteiger partial charge in [-0.25, -0.2) is 0 Å². The number of rotatable bonds is 9. The topological polar surface area (TPSA) is 58.1 Å². The molecule has 1 aliphatic rings. The average molecular weight is 504 g/mol. The zero-order valence-electron chi connectivity index (χ0n) is 17.8. The second kappa shape index (κ2) is 13.9. The van der Waals surface area contributed by atoms with E-state index in [0.717, 1.165) is 49.3 Å². The molecule has 0 saturated carbocycles. The quantitative estimate of drug-likeness (QED) is 0.234. The summed E-state index contributed by atoms with van der Waals surface area (Å²) in [6, 6.07) is 6.04. The fourth-order valence-electron chi connectivity index (χ4n) is 3.58. The first-order valence-electron chi connectivity index (χ1n) is 10.0. The van der Waals surface area contributed by atoms with Crippen LogP contribution < -0.4 is 20.1 Å². The van der Waals surface area contributed by atoms with E-state index in [-0.39, 0.29) is 24.0 Å². The maximum atomic E-state index is 5.36. The van der Waals surface area contributed by atoms with Crippen molar-refractivity contribution in [2.24, 2.45) is 10.9 Å². The fourth-order valence-corrected chi connectivity index (χ4v) is 3.58. The highest BCUT2D eigenvalue weighted by Crippen LogP contribution is 2.27. The first-order valence-corrected chi connectivity index (χ1v) is 10.0. The molecule has 160 valence electrons. The Bertz CT molecular complexity index is 598. The van der Waals surface area contributed by atoms with Crippen LogP contribution in [0.25, 0.3) is 0 Å². The van der Waals surface area contributed by atoms with E-state index < -0.39 is 0 Å².